The van der Waals surface area contributed by atoms with Crippen LogP contribution in [0, 0.1) is 5.92 Å². The first kappa shape index (κ1) is 21.6. The molecule has 1 fully saturated rings. The van der Waals surface area contributed by atoms with Crippen LogP contribution in [0.25, 0.3) is 11.3 Å². The Morgan fingerprint density at radius 1 is 1.00 bits per heavy atom. The van der Waals surface area contributed by atoms with E-state index >= 15 is 0 Å². The molecule has 2 N–H and O–H groups in total. The van der Waals surface area contributed by atoms with Gasteiger partial charge in [-0.2, -0.15) is 0 Å². The highest BCUT2D eigenvalue weighted by atomic mass is 16.5. The standard InChI is InChI=1S/C25H29N5O2/c1-3-32-23-7-5-4-6-22(23)27-25(31)26-20-10-8-19(9-11-20)21-12-13-24(29-28-21)30-16-14-18(2)15-17-30/h4-13,18H,3,14-17H2,1-2H3,(H2,26,27,31). The summed E-state index contributed by atoms with van der Waals surface area (Å²) in [5, 5.41) is 14.5. The molecule has 0 unspecified atom stereocenters. The fourth-order valence-corrected chi connectivity index (χ4v) is 3.75. The number of nitrogens with zero attached hydrogens (tertiary/aromatic N) is 3. The zero-order valence-electron chi connectivity index (χ0n) is 18.5. The van der Waals surface area contributed by atoms with Crippen LogP contribution in [0.15, 0.2) is 60.7 Å². The van der Waals surface area contributed by atoms with Crippen LogP contribution in [0.3, 0.4) is 0 Å². The van der Waals surface area contributed by atoms with Gasteiger partial charge in [0.1, 0.15) is 5.75 Å². The number of nitrogens with one attached hydrogen (secondary N) is 2. The zero-order valence-corrected chi connectivity index (χ0v) is 18.5. The summed E-state index contributed by atoms with van der Waals surface area (Å²) in [5.41, 5.74) is 3.07. The predicted octanol–water partition coefficient (Wildman–Crippen LogP) is 5.42. The largest absolute Gasteiger partial charge is 0.492 e. The zero-order chi connectivity index (χ0) is 22.3. The lowest BCUT2D eigenvalue weighted by atomic mass is 9.99. The van der Waals surface area contributed by atoms with Crippen LogP contribution in [-0.2, 0) is 0 Å². The highest BCUT2D eigenvalue weighted by Crippen LogP contribution is 2.25. The number of amides is 2. The number of aromatic nitrogens is 2. The number of benzene rings is 2. The van der Waals surface area contributed by atoms with Crippen molar-refractivity contribution in [1.29, 1.82) is 0 Å². The molecule has 0 atom stereocenters. The van der Waals surface area contributed by atoms with E-state index in [0.29, 0.717) is 23.7 Å². The highest BCUT2D eigenvalue weighted by molar-refractivity contribution is 6.00. The number of rotatable bonds is 6. The summed E-state index contributed by atoms with van der Waals surface area (Å²) in [6, 6.07) is 18.6. The summed E-state index contributed by atoms with van der Waals surface area (Å²) in [7, 11) is 0. The SMILES string of the molecule is CCOc1ccccc1NC(=O)Nc1ccc(-c2ccc(N3CCC(C)CC3)nn2)cc1. The third-order valence-corrected chi connectivity index (χ3v) is 5.63. The van der Waals surface area contributed by atoms with E-state index in [-0.39, 0.29) is 6.03 Å². The van der Waals surface area contributed by atoms with E-state index in [0.717, 1.165) is 36.1 Å². The van der Waals surface area contributed by atoms with Crippen molar-refractivity contribution in [2.24, 2.45) is 5.92 Å². The molecule has 0 spiro atoms. The highest BCUT2D eigenvalue weighted by Gasteiger charge is 2.17. The van der Waals surface area contributed by atoms with Crippen molar-refractivity contribution in [3.63, 3.8) is 0 Å². The molecule has 2 amide bonds. The fourth-order valence-electron chi connectivity index (χ4n) is 3.75. The topological polar surface area (TPSA) is 79.4 Å². The molecular formula is C25H29N5O2. The third-order valence-electron chi connectivity index (χ3n) is 5.63. The van der Waals surface area contributed by atoms with Crippen LogP contribution < -0.4 is 20.3 Å². The van der Waals surface area contributed by atoms with Gasteiger partial charge in [-0.1, -0.05) is 31.2 Å². The van der Waals surface area contributed by atoms with E-state index < -0.39 is 0 Å². The van der Waals surface area contributed by atoms with Gasteiger partial charge in [-0.15, -0.1) is 10.2 Å². The normalized spacial score (nSPS) is 14.1. The average Bonchev–Trinajstić information content (AvgIpc) is 2.82. The van der Waals surface area contributed by atoms with Gasteiger partial charge in [0.05, 0.1) is 18.0 Å². The molecule has 4 rings (SSSR count). The van der Waals surface area contributed by atoms with Gasteiger partial charge in [0.25, 0.3) is 0 Å². The van der Waals surface area contributed by atoms with Gasteiger partial charge in [-0.05, 0) is 62.1 Å². The number of hydrogen-bond acceptors (Lipinski definition) is 5. The molecule has 0 saturated carbocycles. The molecule has 1 saturated heterocycles. The molecule has 7 nitrogen and oxygen atoms in total. The van der Waals surface area contributed by atoms with Crippen LogP contribution in [0.2, 0.25) is 0 Å². The molecule has 2 heterocycles. The van der Waals surface area contributed by atoms with Crippen molar-refractivity contribution in [1.82, 2.24) is 10.2 Å². The van der Waals surface area contributed by atoms with Crippen molar-refractivity contribution in [2.45, 2.75) is 26.7 Å². The minimum Gasteiger partial charge on any atom is -0.492 e. The number of anilines is 3. The number of para-hydroxylation sites is 2. The summed E-state index contributed by atoms with van der Waals surface area (Å²) in [5.74, 6) is 2.36. The predicted molar refractivity (Wildman–Crippen MR) is 128 cm³/mol. The number of ether oxygens (including phenoxy) is 1. The lowest BCUT2D eigenvalue weighted by Gasteiger charge is -2.30. The molecule has 1 aromatic heterocycles. The van der Waals surface area contributed by atoms with Gasteiger partial charge < -0.3 is 20.3 Å². The Hall–Kier alpha value is -3.61. The number of piperidine rings is 1. The van der Waals surface area contributed by atoms with Crippen molar-refractivity contribution in [3.8, 4) is 17.0 Å². The van der Waals surface area contributed by atoms with Crippen LogP contribution in [0.1, 0.15) is 26.7 Å². The third kappa shape index (κ3) is 5.35. The van der Waals surface area contributed by atoms with Gasteiger partial charge in [0, 0.05) is 24.3 Å². The average molecular weight is 432 g/mol. The Morgan fingerprint density at radius 3 is 2.44 bits per heavy atom. The van der Waals surface area contributed by atoms with Gasteiger partial charge >= 0.3 is 6.03 Å². The van der Waals surface area contributed by atoms with E-state index in [4.69, 9.17) is 4.74 Å². The van der Waals surface area contributed by atoms with E-state index in [1.54, 1.807) is 6.07 Å². The van der Waals surface area contributed by atoms with E-state index in [1.165, 1.54) is 12.8 Å². The van der Waals surface area contributed by atoms with E-state index in [9.17, 15) is 4.79 Å². The summed E-state index contributed by atoms with van der Waals surface area (Å²) in [6.07, 6.45) is 2.39. The van der Waals surface area contributed by atoms with Crippen LogP contribution in [-0.4, -0.2) is 35.9 Å². The summed E-state index contributed by atoms with van der Waals surface area (Å²) in [4.78, 5) is 14.7. The molecule has 32 heavy (non-hydrogen) atoms. The number of hydrogen-bond donors (Lipinski definition) is 2. The van der Waals surface area contributed by atoms with Crippen LogP contribution in [0.5, 0.6) is 5.75 Å². The minimum absolute atomic E-state index is 0.329. The maximum atomic E-state index is 12.4. The summed E-state index contributed by atoms with van der Waals surface area (Å²) < 4.78 is 5.55. The Labute approximate surface area is 188 Å². The Balaban J connectivity index is 1.36. The molecular weight excluding hydrogens is 402 g/mol. The summed E-state index contributed by atoms with van der Waals surface area (Å²) >= 11 is 0. The molecule has 2 aromatic carbocycles. The first-order valence-electron chi connectivity index (χ1n) is 11.1. The Kier molecular flexibility index (Phi) is 6.84. The van der Waals surface area contributed by atoms with Gasteiger partial charge in [0.2, 0.25) is 0 Å². The van der Waals surface area contributed by atoms with Crippen molar-refractivity contribution >= 4 is 23.2 Å². The van der Waals surface area contributed by atoms with Gasteiger partial charge in [-0.25, -0.2) is 4.79 Å². The van der Waals surface area contributed by atoms with Crippen LogP contribution >= 0.6 is 0 Å². The first-order valence-corrected chi connectivity index (χ1v) is 11.1. The second-order valence-electron chi connectivity index (χ2n) is 8.03. The molecule has 3 aromatic rings. The number of carbonyl (C=O) groups excluding carboxylic acids is 1. The van der Waals surface area contributed by atoms with Crippen molar-refractivity contribution in [2.75, 3.05) is 35.2 Å². The second-order valence-corrected chi connectivity index (χ2v) is 8.03. The molecule has 0 aliphatic carbocycles. The lowest BCUT2D eigenvalue weighted by molar-refractivity contribution is 0.262. The smallest absolute Gasteiger partial charge is 0.323 e. The number of carbonyl (C=O) groups is 1. The van der Waals surface area contributed by atoms with Gasteiger partial charge in [-0.3, -0.25) is 0 Å². The molecule has 0 radical (unpaired) electrons. The minimum atomic E-state index is -0.329. The maximum Gasteiger partial charge on any atom is 0.323 e. The Bertz CT molecular complexity index is 1030. The van der Waals surface area contributed by atoms with Crippen LogP contribution in [0.4, 0.5) is 22.0 Å². The lowest BCUT2D eigenvalue weighted by Crippen LogP contribution is -2.33. The number of urea groups is 1. The monoisotopic (exact) mass is 431 g/mol. The molecule has 7 heteroatoms. The quantitative estimate of drug-likeness (QED) is 0.545. The van der Waals surface area contributed by atoms with Crippen molar-refractivity contribution in [3.05, 3.63) is 60.7 Å². The van der Waals surface area contributed by atoms with Gasteiger partial charge in [0.15, 0.2) is 5.82 Å². The van der Waals surface area contributed by atoms with Crippen molar-refractivity contribution < 1.29 is 9.53 Å². The molecule has 1 aliphatic heterocycles. The second kappa shape index (κ2) is 10.1. The maximum absolute atomic E-state index is 12.4. The van der Waals surface area contributed by atoms with E-state index in [1.807, 2.05) is 61.5 Å². The molecule has 0 bridgehead atoms. The molecule has 1 aliphatic rings. The molecule has 166 valence electrons. The Morgan fingerprint density at radius 2 is 1.75 bits per heavy atom. The first-order chi connectivity index (χ1) is 15.6. The van der Waals surface area contributed by atoms with E-state index in [2.05, 4.69) is 32.7 Å². The summed E-state index contributed by atoms with van der Waals surface area (Å²) in [6.45, 7) is 6.81. The fraction of sp³-hybridized carbons (Fsp3) is 0.320.